The molecule has 2 rings (SSSR count). The van der Waals surface area contributed by atoms with Crippen LogP contribution in [-0.2, 0) is 5.75 Å². The van der Waals surface area contributed by atoms with Gasteiger partial charge in [-0.15, -0.1) is 0 Å². The fourth-order valence-corrected chi connectivity index (χ4v) is 1.73. The van der Waals surface area contributed by atoms with E-state index in [0.717, 1.165) is 4.47 Å². The van der Waals surface area contributed by atoms with Crippen molar-refractivity contribution in [1.82, 2.24) is 9.97 Å². The number of nitrogens with one attached hydrogen (secondary N) is 1. The van der Waals surface area contributed by atoms with Crippen LogP contribution < -0.4 is 5.56 Å². The summed E-state index contributed by atoms with van der Waals surface area (Å²) in [5, 5.41) is 0.596. The van der Waals surface area contributed by atoms with Crippen molar-refractivity contribution in [2.75, 3.05) is 0 Å². The summed E-state index contributed by atoms with van der Waals surface area (Å²) in [5.74, 6) is 1.02. The number of rotatable bonds is 1. The Kier molecular flexibility index (Phi) is 2.60. The standard InChI is InChI=1S/C9H7BrN2OS/c10-5-1-2-6-7(3-5)11-8(4-14)12-9(6)13/h1-3,14H,4H2,(H,11,12,13). The summed E-state index contributed by atoms with van der Waals surface area (Å²) in [5.41, 5.74) is 0.568. The summed E-state index contributed by atoms with van der Waals surface area (Å²) < 4.78 is 0.910. The molecule has 0 aliphatic rings. The van der Waals surface area contributed by atoms with Gasteiger partial charge in [-0.3, -0.25) is 4.79 Å². The van der Waals surface area contributed by atoms with Crippen LogP contribution >= 0.6 is 28.6 Å². The van der Waals surface area contributed by atoms with Crippen LogP contribution in [0.3, 0.4) is 0 Å². The van der Waals surface area contributed by atoms with Crippen LogP contribution in [0.25, 0.3) is 10.9 Å². The Bertz CT molecular complexity index is 538. The van der Waals surface area contributed by atoms with Crippen molar-refractivity contribution in [2.24, 2.45) is 0 Å². The first-order valence-electron chi connectivity index (χ1n) is 4.00. The van der Waals surface area contributed by atoms with Gasteiger partial charge in [0, 0.05) is 10.2 Å². The third kappa shape index (κ3) is 1.69. The lowest BCUT2D eigenvalue weighted by molar-refractivity contribution is 1.04. The van der Waals surface area contributed by atoms with Crippen LogP contribution in [0.15, 0.2) is 27.5 Å². The predicted molar refractivity (Wildman–Crippen MR) is 62.8 cm³/mol. The fraction of sp³-hybridized carbons (Fsp3) is 0.111. The van der Waals surface area contributed by atoms with E-state index in [2.05, 4.69) is 38.5 Å². The van der Waals surface area contributed by atoms with Crippen molar-refractivity contribution < 1.29 is 0 Å². The van der Waals surface area contributed by atoms with Crippen molar-refractivity contribution in [1.29, 1.82) is 0 Å². The Morgan fingerprint density at radius 3 is 3.00 bits per heavy atom. The average Bonchev–Trinajstić information content (AvgIpc) is 2.16. The minimum absolute atomic E-state index is 0.119. The smallest absolute Gasteiger partial charge is 0.258 e. The van der Waals surface area contributed by atoms with Gasteiger partial charge >= 0.3 is 0 Å². The number of thiol groups is 1. The third-order valence-corrected chi connectivity index (χ3v) is 2.66. The van der Waals surface area contributed by atoms with E-state index in [1.54, 1.807) is 6.07 Å². The first kappa shape index (κ1) is 9.73. The zero-order valence-electron chi connectivity index (χ0n) is 7.12. The molecule has 3 nitrogen and oxygen atoms in total. The minimum Gasteiger partial charge on any atom is -0.309 e. The Morgan fingerprint density at radius 1 is 1.50 bits per heavy atom. The van der Waals surface area contributed by atoms with Gasteiger partial charge in [-0.2, -0.15) is 12.6 Å². The molecule has 0 spiro atoms. The molecule has 0 atom stereocenters. The molecule has 0 fully saturated rings. The second-order valence-electron chi connectivity index (χ2n) is 2.83. The zero-order chi connectivity index (χ0) is 10.1. The van der Waals surface area contributed by atoms with E-state index >= 15 is 0 Å². The van der Waals surface area contributed by atoms with Gasteiger partial charge in [-0.1, -0.05) is 15.9 Å². The molecule has 14 heavy (non-hydrogen) atoms. The predicted octanol–water partition coefficient (Wildman–Crippen LogP) is 2.12. The fourth-order valence-electron chi connectivity index (χ4n) is 1.24. The SMILES string of the molecule is O=c1[nH]c(CS)nc2cc(Br)ccc12. The number of hydrogen-bond acceptors (Lipinski definition) is 3. The van der Waals surface area contributed by atoms with Crippen LogP contribution in [0, 0.1) is 0 Å². The van der Waals surface area contributed by atoms with Crippen molar-refractivity contribution in [3.05, 3.63) is 38.9 Å². The molecular weight excluding hydrogens is 264 g/mol. The summed E-state index contributed by atoms with van der Waals surface area (Å²) in [4.78, 5) is 18.4. The summed E-state index contributed by atoms with van der Waals surface area (Å²) in [6, 6.07) is 5.38. The maximum Gasteiger partial charge on any atom is 0.258 e. The summed E-state index contributed by atoms with van der Waals surface area (Å²) in [7, 11) is 0. The molecule has 1 aromatic heterocycles. The number of aromatic amines is 1. The van der Waals surface area contributed by atoms with Gasteiger partial charge < -0.3 is 4.98 Å². The number of fused-ring (bicyclic) bond motifs is 1. The number of aromatic nitrogens is 2. The number of benzene rings is 1. The molecule has 0 radical (unpaired) electrons. The Hall–Kier alpha value is -0.810. The van der Waals surface area contributed by atoms with Crippen LogP contribution in [0.5, 0.6) is 0 Å². The van der Waals surface area contributed by atoms with E-state index in [-0.39, 0.29) is 5.56 Å². The Balaban J connectivity index is 2.84. The highest BCUT2D eigenvalue weighted by atomic mass is 79.9. The lowest BCUT2D eigenvalue weighted by atomic mass is 10.2. The number of nitrogens with zero attached hydrogens (tertiary/aromatic N) is 1. The molecule has 0 bridgehead atoms. The lowest BCUT2D eigenvalue weighted by Crippen LogP contribution is -2.10. The van der Waals surface area contributed by atoms with Crippen LogP contribution in [0.1, 0.15) is 5.82 Å². The van der Waals surface area contributed by atoms with Crippen LogP contribution in [0.4, 0.5) is 0 Å². The molecule has 72 valence electrons. The van der Waals surface area contributed by atoms with Gasteiger partial charge in [0.2, 0.25) is 0 Å². The van der Waals surface area contributed by atoms with Gasteiger partial charge in [0.1, 0.15) is 5.82 Å². The molecule has 0 unspecified atom stereocenters. The molecule has 5 heteroatoms. The Morgan fingerprint density at radius 2 is 2.29 bits per heavy atom. The van der Waals surface area contributed by atoms with Crippen LogP contribution in [-0.4, -0.2) is 9.97 Å². The highest BCUT2D eigenvalue weighted by molar-refractivity contribution is 9.10. The largest absolute Gasteiger partial charge is 0.309 e. The molecule has 1 aromatic carbocycles. The first-order valence-corrected chi connectivity index (χ1v) is 5.42. The average molecular weight is 271 g/mol. The molecule has 0 amide bonds. The molecule has 0 aliphatic carbocycles. The molecule has 1 heterocycles. The van der Waals surface area contributed by atoms with Crippen molar-refractivity contribution in [3.63, 3.8) is 0 Å². The van der Waals surface area contributed by atoms with E-state index in [1.807, 2.05) is 12.1 Å². The maximum absolute atomic E-state index is 11.5. The van der Waals surface area contributed by atoms with E-state index in [1.165, 1.54) is 0 Å². The van der Waals surface area contributed by atoms with Gasteiger partial charge in [-0.25, -0.2) is 4.98 Å². The number of H-pyrrole nitrogens is 1. The van der Waals surface area contributed by atoms with E-state index in [9.17, 15) is 4.79 Å². The third-order valence-electron chi connectivity index (χ3n) is 1.87. The lowest BCUT2D eigenvalue weighted by Gasteiger charge is -1.99. The van der Waals surface area contributed by atoms with Crippen molar-refractivity contribution in [2.45, 2.75) is 5.75 Å². The normalized spacial score (nSPS) is 10.7. The highest BCUT2D eigenvalue weighted by Gasteiger charge is 2.02. The highest BCUT2D eigenvalue weighted by Crippen LogP contribution is 2.15. The van der Waals surface area contributed by atoms with Crippen LogP contribution in [0.2, 0.25) is 0 Å². The molecule has 2 aromatic rings. The van der Waals surface area contributed by atoms with E-state index in [0.29, 0.717) is 22.5 Å². The summed E-state index contributed by atoms with van der Waals surface area (Å²) >= 11 is 7.40. The van der Waals surface area contributed by atoms with E-state index in [4.69, 9.17) is 0 Å². The Labute approximate surface area is 94.1 Å². The topological polar surface area (TPSA) is 45.8 Å². The number of halogens is 1. The first-order chi connectivity index (χ1) is 6.70. The van der Waals surface area contributed by atoms with Gasteiger partial charge in [-0.05, 0) is 18.2 Å². The quantitative estimate of drug-likeness (QED) is 0.780. The minimum atomic E-state index is -0.119. The van der Waals surface area contributed by atoms with E-state index < -0.39 is 0 Å². The van der Waals surface area contributed by atoms with Gasteiger partial charge in [0.25, 0.3) is 5.56 Å². The molecule has 0 aliphatic heterocycles. The molecule has 0 saturated carbocycles. The van der Waals surface area contributed by atoms with Crippen molar-refractivity contribution >= 4 is 39.5 Å². The summed E-state index contributed by atoms with van der Waals surface area (Å²) in [6.45, 7) is 0. The second kappa shape index (κ2) is 3.74. The summed E-state index contributed by atoms with van der Waals surface area (Å²) in [6.07, 6.45) is 0. The van der Waals surface area contributed by atoms with Crippen molar-refractivity contribution in [3.8, 4) is 0 Å². The zero-order valence-corrected chi connectivity index (χ0v) is 9.60. The monoisotopic (exact) mass is 270 g/mol. The maximum atomic E-state index is 11.5. The molecular formula is C9H7BrN2OS. The second-order valence-corrected chi connectivity index (χ2v) is 4.06. The number of hydrogen-bond donors (Lipinski definition) is 2. The molecule has 0 saturated heterocycles. The van der Waals surface area contributed by atoms with Gasteiger partial charge in [0.05, 0.1) is 10.9 Å². The molecule has 1 N–H and O–H groups in total. The van der Waals surface area contributed by atoms with Gasteiger partial charge in [0.15, 0.2) is 0 Å².